The van der Waals surface area contributed by atoms with Crippen molar-refractivity contribution in [1.82, 2.24) is 14.9 Å². The molecule has 1 aliphatic heterocycles. The molecule has 2 unspecified atom stereocenters. The summed E-state index contributed by atoms with van der Waals surface area (Å²) in [5.41, 5.74) is 0.931. The maximum Gasteiger partial charge on any atom is 0.325 e. The number of sulfonamides is 1. The van der Waals surface area contributed by atoms with Crippen molar-refractivity contribution in [2.45, 2.75) is 57.5 Å². The highest BCUT2D eigenvalue weighted by molar-refractivity contribution is 7.89. The van der Waals surface area contributed by atoms with Gasteiger partial charge in [-0.05, 0) is 44.7 Å². The lowest BCUT2D eigenvalue weighted by atomic mass is 9.94. The Bertz CT molecular complexity index is 906. The number of carbonyl (C=O) groups excluding carboxylic acids is 2. The molecular weight excluding hydrogens is 422 g/mol. The normalized spacial score (nSPS) is 17.3. The molecule has 0 aromatic heterocycles. The van der Waals surface area contributed by atoms with E-state index in [1.54, 1.807) is 30.9 Å². The van der Waals surface area contributed by atoms with Gasteiger partial charge in [-0.25, -0.2) is 8.42 Å². The number of hydrogen-bond donors (Lipinski definition) is 3. The van der Waals surface area contributed by atoms with Gasteiger partial charge >= 0.3 is 5.97 Å². The van der Waals surface area contributed by atoms with Crippen LogP contribution >= 0.6 is 0 Å². The van der Waals surface area contributed by atoms with Crippen molar-refractivity contribution >= 4 is 27.8 Å². The van der Waals surface area contributed by atoms with Crippen molar-refractivity contribution < 1.29 is 27.9 Å². The molecule has 9 nitrogen and oxygen atoms in total. The van der Waals surface area contributed by atoms with Crippen LogP contribution in [0.5, 0.6) is 0 Å². The molecule has 10 heteroatoms. The first-order valence-corrected chi connectivity index (χ1v) is 11.8. The Kier molecular flexibility index (Phi) is 8.19. The number of piperidine rings is 1. The molecule has 0 bridgehead atoms. The number of aryl methyl sites for hydroxylation is 1. The van der Waals surface area contributed by atoms with Crippen LogP contribution in [-0.2, 0) is 24.4 Å². The second-order valence-electron chi connectivity index (χ2n) is 8.32. The number of carbonyl (C=O) groups is 3. The fraction of sp³-hybridized carbons (Fsp3) is 0.571. The Morgan fingerprint density at radius 1 is 1.06 bits per heavy atom. The van der Waals surface area contributed by atoms with Crippen molar-refractivity contribution in [3.05, 3.63) is 29.8 Å². The van der Waals surface area contributed by atoms with Gasteiger partial charge in [0.25, 0.3) is 0 Å². The van der Waals surface area contributed by atoms with Crippen LogP contribution in [0, 0.1) is 18.8 Å². The number of aliphatic carboxylic acids is 1. The molecule has 2 amide bonds. The van der Waals surface area contributed by atoms with Crippen LogP contribution < -0.4 is 10.0 Å². The zero-order valence-corrected chi connectivity index (χ0v) is 19.1. The lowest BCUT2D eigenvalue weighted by molar-refractivity contribution is -0.142. The summed E-state index contributed by atoms with van der Waals surface area (Å²) in [6, 6.07) is 4.49. The molecule has 2 rings (SSSR count). The standard InChI is InChI=1S/C21H31N3O6S/c1-13(2)18(23-31(29,30)17-7-5-14(3)6-8-17)20(26)24-11-9-16(10-12-24)19(25)22-15(4)21(27)28/h5-8,13,15-16,18,23H,9-12H2,1-4H3,(H,22,25)(H,27,28). The van der Waals surface area contributed by atoms with E-state index >= 15 is 0 Å². The van der Waals surface area contributed by atoms with E-state index in [9.17, 15) is 22.8 Å². The van der Waals surface area contributed by atoms with E-state index in [0.717, 1.165) is 5.56 Å². The first kappa shape index (κ1) is 24.8. The summed E-state index contributed by atoms with van der Waals surface area (Å²) in [7, 11) is -3.87. The van der Waals surface area contributed by atoms with Crippen molar-refractivity contribution in [3.63, 3.8) is 0 Å². The lowest BCUT2D eigenvalue weighted by Gasteiger charge is -2.35. The minimum atomic E-state index is -3.87. The van der Waals surface area contributed by atoms with E-state index in [0.29, 0.717) is 25.9 Å². The number of nitrogens with zero attached hydrogens (tertiary/aromatic N) is 1. The first-order valence-electron chi connectivity index (χ1n) is 10.3. The van der Waals surface area contributed by atoms with Crippen LogP contribution in [0.25, 0.3) is 0 Å². The van der Waals surface area contributed by atoms with Gasteiger partial charge in [0.2, 0.25) is 21.8 Å². The van der Waals surface area contributed by atoms with Crippen molar-refractivity contribution in [3.8, 4) is 0 Å². The Labute approximate surface area is 183 Å². The number of benzene rings is 1. The largest absolute Gasteiger partial charge is 0.480 e. The quantitative estimate of drug-likeness (QED) is 0.540. The third-order valence-electron chi connectivity index (χ3n) is 5.45. The predicted molar refractivity (Wildman–Crippen MR) is 115 cm³/mol. The number of likely N-dealkylation sites (tertiary alicyclic amines) is 1. The highest BCUT2D eigenvalue weighted by Crippen LogP contribution is 2.21. The molecule has 31 heavy (non-hydrogen) atoms. The lowest BCUT2D eigenvalue weighted by Crippen LogP contribution is -2.54. The fourth-order valence-corrected chi connectivity index (χ4v) is 4.71. The molecule has 3 N–H and O–H groups in total. The topological polar surface area (TPSA) is 133 Å². The molecule has 1 aromatic rings. The Morgan fingerprint density at radius 3 is 2.10 bits per heavy atom. The molecule has 1 saturated heterocycles. The van der Waals surface area contributed by atoms with E-state index in [2.05, 4.69) is 10.0 Å². The van der Waals surface area contributed by atoms with E-state index in [4.69, 9.17) is 5.11 Å². The SMILES string of the molecule is Cc1ccc(S(=O)(=O)NC(C(=O)N2CCC(C(=O)NC(C)C(=O)O)CC2)C(C)C)cc1. The molecule has 2 atom stereocenters. The number of amides is 2. The molecule has 0 saturated carbocycles. The molecule has 1 heterocycles. The minimum Gasteiger partial charge on any atom is -0.480 e. The summed E-state index contributed by atoms with van der Waals surface area (Å²) in [5, 5.41) is 11.4. The van der Waals surface area contributed by atoms with Crippen LogP contribution in [0.15, 0.2) is 29.2 Å². The number of hydrogen-bond acceptors (Lipinski definition) is 5. The van der Waals surface area contributed by atoms with E-state index in [-0.39, 0.29) is 28.5 Å². The number of carboxylic acids is 1. The number of rotatable bonds is 8. The van der Waals surface area contributed by atoms with E-state index in [1.165, 1.54) is 19.1 Å². The van der Waals surface area contributed by atoms with Gasteiger partial charge in [0.15, 0.2) is 0 Å². The average Bonchev–Trinajstić information content (AvgIpc) is 2.71. The molecule has 1 fully saturated rings. The summed E-state index contributed by atoms with van der Waals surface area (Å²) >= 11 is 0. The van der Waals surface area contributed by atoms with E-state index < -0.39 is 28.1 Å². The molecule has 172 valence electrons. The molecule has 0 spiro atoms. The van der Waals surface area contributed by atoms with Gasteiger partial charge in [-0.3, -0.25) is 14.4 Å². The minimum absolute atomic E-state index is 0.0967. The van der Waals surface area contributed by atoms with Gasteiger partial charge in [-0.1, -0.05) is 31.5 Å². The number of carboxylic acid groups (broad SMARTS) is 1. The van der Waals surface area contributed by atoms with Crippen LogP contribution in [0.2, 0.25) is 0 Å². The third kappa shape index (κ3) is 6.51. The van der Waals surface area contributed by atoms with Gasteiger partial charge in [-0.15, -0.1) is 0 Å². The molecule has 0 aliphatic carbocycles. The van der Waals surface area contributed by atoms with Crippen LogP contribution in [-0.4, -0.2) is 61.4 Å². The second-order valence-corrected chi connectivity index (χ2v) is 10.0. The Hall–Kier alpha value is -2.46. The summed E-state index contributed by atoms with van der Waals surface area (Å²) in [6.45, 7) is 7.39. The second kappa shape index (κ2) is 10.2. The highest BCUT2D eigenvalue weighted by atomic mass is 32.2. The van der Waals surface area contributed by atoms with Crippen molar-refractivity contribution in [2.24, 2.45) is 11.8 Å². The summed E-state index contributed by atoms with van der Waals surface area (Å²) in [6.07, 6.45) is 0.777. The van der Waals surface area contributed by atoms with Gasteiger partial charge in [-0.2, -0.15) is 4.72 Å². The average molecular weight is 454 g/mol. The van der Waals surface area contributed by atoms with Gasteiger partial charge in [0.05, 0.1) is 4.90 Å². The van der Waals surface area contributed by atoms with E-state index in [1.807, 2.05) is 6.92 Å². The highest BCUT2D eigenvalue weighted by Gasteiger charge is 2.35. The van der Waals surface area contributed by atoms with Crippen LogP contribution in [0.1, 0.15) is 39.2 Å². The van der Waals surface area contributed by atoms with Gasteiger partial charge in [0, 0.05) is 19.0 Å². The smallest absolute Gasteiger partial charge is 0.325 e. The molecular formula is C21H31N3O6S. The maximum atomic E-state index is 13.1. The summed E-state index contributed by atoms with van der Waals surface area (Å²) in [5.74, 6) is -2.44. The molecule has 0 radical (unpaired) electrons. The maximum absolute atomic E-state index is 13.1. The van der Waals surface area contributed by atoms with Crippen molar-refractivity contribution in [1.29, 1.82) is 0 Å². The Morgan fingerprint density at radius 2 is 1.61 bits per heavy atom. The third-order valence-corrected chi connectivity index (χ3v) is 6.91. The molecule has 1 aliphatic rings. The zero-order chi connectivity index (χ0) is 23.3. The van der Waals surface area contributed by atoms with Gasteiger partial charge < -0.3 is 15.3 Å². The van der Waals surface area contributed by atoms with Crippen LogP contribution in [0.4, 0.5) is 0 Å². The van der Waals surface area contributed by atoms with Gasteiger partial charge in [0.1, 0.15) is 12.1 Å². The van der Waals surface area contributed by atoms with Crippen LogP contribution in [0.3, 0.4) is 0 Å². The van der Waals surface area contributed by atoms with Crippen molar-refractivity contribution in [2.75, 3.05) is 13.1 Å². The predicted octanol–water partition coefficient (Wildman–Crippen LogP) is 1.13. The molecule has 1 aromatic carbocycles. The summed E-state index contributed by atoms with van der Waals surface area (Å²) in [4.78, 5) is 37.9. The Balaban J connectivity index is 2.02. The fourth-order valence-electron chi connectivity index (χ4n) is 3.38. The summed E-state index contributed by atoms with van der Waals surface area (Å²) < 4.78 is 28.1. The zero-order valence-electron chi connectivity index (χ0n) is 18.3. The monoisotopic (exact) mass is 453 g/mol. The number of nitrogens with one attached hydrogen (secondary N) is 2. The first-order chi connectivity index (χ1) is 14.4.